The summed E-state index contributed by atoms with van der Waals surface area (Å²) in [4.78, 5) is 0. The molecule has 3 rings (SSSR count). The summed E-state index contributed by atoms with van der Waals surface area (Å²) >= 11 is 0. The van der Waals surface area contributed by atoms with Crippen molar-refractivity contribution in [2.45, 2.75) is 26.4 Å². The highest BCUT2D eigenvalue weighted by molar-refractivity contribution is 5.81. The number of aromatic nitrogens is 3. The van der Waals surface area contributed by atoms with Gasteiger partial charge >= 0.3 is 0 Å². The van der Waals surface area contributed by atoms with Crippen LogP contribution in [0, 0.1) is 0 Å². The lowest BCUT2D eigenvalue weighted by atomic mass is 10.2. The van der Waals surface area contributed by atoms with Gasteiger partial charge in [0.1, 0.15) is 0 Å². The van der Waals surface area contributed by atoms with Gasteiger partial charge in [-0.3, -0.25) is 4.68 Å². The molecule has 2 heterocycles. The van der Waals surface area contributed by atoms with Crippen molar-refractivity contribution < 1.29 is 0 Å². The van der Waals surface area contributed by atoms with Crippen molar-refractivity contribution in [3.05, 3.63) is 54.0 Å². The second-order valence-corrected chi connectivity index (χ2v) is 5.32. The molecule has 0 aliphatic rings. The van der Waals surface area contributed by atoms with Crippen LogP contribution in [-0.4, -0.2) is 20.9 Å². The highest BCUT2D eigenvalue weighted by atomic mass is 15.3. The molecule has 0 atom stereocenters. The zero-order valence-electron chi connectivity index (χ0n) is 12.7. The lowest BCUT2D eigenvalue weighted by Crippen LogP contribution is -2.16. The number of nitrogens with zero attached hydrogens (tertiary/aromatic N) is 3. The molecular formula is C17H22N4. The molecule has 21 heavy (non-hydrogen) atoms. The van der Waals surface area contributed by atoms with Crippen molar-refractivity contribution in [3.8, 4) is 0 Å². The summed E-state index contributed by atoms with van der Waals surface area (Å²) in [6.45, 7) is 5.02. The fourth-order valence-electron chi connectivity index (χ4n) is 2.80. The van der Waals surface area contributed by atoms with Gasteiger partial charge in [-0.2, -0.15) is 5.10 Å². The molecule has 0 amide bonds. The topological polar surface area (TPSA) is 34.8 Å². The largest absolute Gasteiger partial charge is 0.343 e. The highest BCUT2D eigenvalue weighted by Gasteiger charge is 2.09. The van der Waals surface area contributed by atoms with Gasteiger partial charge in [-0.15, -0.1) is 0 Å². The molecule has 1 N–H and O–H groups in total. The fraction of sp³-hybridized carbons (Fsp3) is 0.353. The van der Waals surface area contributed by atoms with Crippen LogP contribution in [-0.2, 0) is 26.6 Å². The average molecular weight is 282 g/mol. The molecule has 110 valence electrons. The molecule has 3 aromatic rings. The maximum Gasteiger partial charge on any atom is 0.0492 e. The molecule has 0 radical (unpaired) electrons. The number of rotatable bonds is 6. The molecule has 2 aromatic heterocycles. The number of aryl methyl sites for hydroxylation is 3. The predicted octanol–water partition coefficient (Wildman–Crippen LogP) is 2.73. The molecule has 4 heteroatoms. The minimum absolute atomic E-state index is 0.913. The van der Waals surface area contributed by atoms with Crippen LogP contribution >= 0.6 is 0 Å². The summed E-state index contributed by atoms with van der Waals surface area (Å²) in [5, 5.41) is 8.99. The zero-order valence-corrected chi connectivity index (χ0v) is 12.7. The summed E-state index contributed by atoms with van der Waals surface area (Å²) in [5.41, 5.74) is 3.93. The van der Waals surface area contributed by atoms with E-state index in [1.165, 1.54) is 22.3 Å². The Kier molecular flexibility index (Phi) is 4.06. The molecule has 0 fully saturated rings. The highest BCUT2D eigenvalue weighted by Crippen LogP contribution is 2.20. The molecule has 4 nitrogen and oxygen atoms in total. The Morgan fingerprint density at radius 3 is 2.76 bits per heavy atom. The summed E-state index contributed by atoms with van der Waals surface area (Å²) in [5.74, 6) is 0. The van der Waals surface area contributed by atoms with Crippen LogP contribution in [0.5, 0.6) is 0 Å². The normalized spacial score (nSPS) is 11.3. The van der Waals surface area contributed by atoms with Gasteiger partial charge in [0.05, 0.1) is 0 Å². The van der Waals surface area contributed by atoms with Crippen molar-refractivity contribution in [1.29, 1.82) is 0 Å². The lowest BCUT2D eigenvalue weighted by Gasteiger charge is -2.11. The van der Waals surface area contributed by atoms with Gasteiger partial charge in [0.25, 0.3) is 0 Å². The summed E-state index contributed by atoms with van der Waals surface area (Å²) in [7, 11) is 2.00. The molecular weight excluding hydrogens is 260 g/mol. The SMILES string of the molecule is CCNCc1cc2ccccc2n1CCc1ccnn1C. The van der Waals surface area contributed by atoms with Crippen molar-refractivity contribution in [3.63, 3.8) is 0 Å². The molecule has 0 bridgehead atoms. The van der Waals surface area contributed by atoms with Crippen LogP contribution in [0.1, 0.15) is 18.3 Å². The Morgan fingerprint density at radius 1 is 1.14 bits per heavy atom. The Morgan fingerprint density at radius 2 is 2.00 bits per heavy atom. The summed E-state index contributed by atoms with van der Waals surface area (Å²) in [6.07, 6.45) is 2.86. The van der Waals surface area contributed by atoms with Crippen LogP contribution in [0.25, 0.3) is 10.9 Å². The van der Waals surface area contributed by atoms with Gasteiger partial charge in [0.15, 0.2) is 0 Å². The first-order chi connectivity index (χ1) is 10.3. The number of nitrogens with one attached hydrogen (secondary N) is 1. The second kappa shape index (κ2) is 6.14. The van der Waals surface area contributed by atoms with Crippen molar-refractivity contribution in [2.24, 2.45) is 7.05 Å². The first kappa shape index (κ1) is 13.9. The monoisotopic (exact) mass is 282 g/mol. The Hall–Kier alpha value is -2.07. The first-order valence-corrected chi connectivity index (χ1v) is 7.54. The number of fused-ring (bicyclic) bond motifs is 1. The van der Waals surface area contributed by atoms with Crippen LogP contribution in [0.4, 0.5) is 0 Å². The maximum absolute atomic E-state index is 4.25. The zero-order chi connectivity index (χ0) is 14.7. The van der Waals surface area contributed by atoms with E-state index in [0.29, 0.717) is 0 Å². The third kappa shape index (κ3) is 2.85. The van der Waals surface area contributed by atoms with E-state index in [1.54, 1.807) is 0 Å². The first-order valence-electron chi connectivity index (χ1n) is 7.54. The standard InChI is InChI=1S/C17H22N4/c1-3-18-13-16-12-14-6-4-5-7-17(14)21(16)11-9-15-8-10-19-20(15)2/h4-8,10,12,18H,3,9,11,13H2,1-2H3. The predicted molar refractivity (Wildman–Crippen MR) is 86.2 cm³/mol. The van der Waals surface area contributed by atoms with E-state index < -0.39 is 0 Å². The van der Waals surface area contributed by atoms with Gasteiger partial charge in [-0.05, 0) is 30.1 Å². The number of benzene rings is 1. The lowest BCUT2D eigenvalue weighted by molar-refractivity contribution is 0.609. The van der Waals surface area contributed by atoms with Gasteiger partial charge in [0.2, 0.25) is 0 Å². The van der Waals surface area contributed by atoms with Crippen molar-refractivity contribution in [2.75, 3.05) is 6.54 Å². The molecule has 0 saturated carbocycles. The van der Waals surface area contributed by atoms with Crippen LogP contribution < -0.4 is 5.32 Å². The van der Waals surface area contributed by atoms with Gasteiger partial charge in [-0.1, -0.05) is 25.1 Å². The second-order valence-electron chi connectivity index (χ2n) is 5.32. The van der Waals surface area contributed by atoms with E-state index in [0.717, 1.165) is 26.1 Å². The quantitative estimate of drug-likeness (QED) is 0.754. The average Bonchev–Trinajstić information content (AvgIpc) is 3.06. The van der Waals surface area contributed by atoms with Gasteiger partial charge < -0.3 is 9.88 Å². The van der Waals surface area contributed by atoms with Crippen LogP contribution in [0.15, 0.2) is 42.6 Å². The van der Waals surface area contributed by atoms with Gasteiger partial charge in [0, 0.05) is 49.7 Å². The Labute approximate surface area is 125 Å². The van der Waals surface area contributed by atoms with E-state index in [2.05, 4.69) is 58.3 Å². The summed E-state index contributed by atoms with van der Waals surface area (Å²) < 4.78 is 4.38. The number of para-hydroxylation sites is 1. The van der Waals surface area contributed by atoms with Crippen molar-refractivity contribution in [1.82, 2.24) is 19.7 Å². The summed E-state index contributed by atoms with van der Waals surface area (Å²) in [6, 6.07) is 13.0. The molecule has 0 saturated heterocycles. The van der Waals surface area contributed by atoms with E-state index in [9.17, 15) is 0 Å². The Bertz CT molecular complexity index is 723. The molecule has 0 spiro atoms. The third-order valence-corrected chi connectivity index (χ3v) is 3.97. The van der Waals surface area contributed by atoms with Crippen molar-refractivity contribution >= 4 is 10.9 Å². The molecule has 1 aromatic carbocycles. The Balaban J connectivity index is 1.89. The fourth-order valence-corrected chi connectivity index (χ4v) is 2.80. The number of hydrogen-bond donors (Lipinski definition) is 1. The molecule has 0 aliphatic heterocycles. The smallest absolute Gasteiger partial charge is 0.0492 e. The number of hydrogen-bond acceptors (Lipinski definition) is 2. The van der Waals surface area contributed by atoms with Crippen LogP contribution in [0.3, 0.4) is 0 Å². The minimum atomic E-state index is 0.913. The minimum Gasteiger partial charge on any atom is -0.343 e. The van der Waals surface area contributed by atoms with Crippen LogP contribution in [0.2, 0.25) is 0 Å². The van der Waals surface area contributed by atoms with E-state index >= 15 is 0 Å². The third-order valence-electron chi connectivity index (χ3n) is 3.97. The van der Waals surface area contributed by atoms with E-state index in [4.69, 9.17) is 0 Å². The van der Waals surface area contributed by atoms with Gasteiger partial charge in [-0.25, -0.2) is 0 Å². The van der Waals surface area contributed by atoms with E-state index in [-0.39, 0.29) is 0 Å². The van der Waals surface area contributed by atoms with E-state index in [1.807, 2.05) is 17.9 Å². The maximum atomic E-state index is 4.25. The molecule has 0 aliphatic carbocycles. The molecule has 0 unspecified atom stereocenters.